The van der Waals surface area contributed by atoms with E-state index in [9.17, 15) is 0 Å². The van der Waals surface area contributed by atoms with Crippen molar-refractivity contribution in [1.82, 2.24) is 29.5 Å². The Morgan fingerprint density at radius 2 is 1.85 bits per heavy atom. The van der Waals surface area contributed by atoms with Gasteiger partial charge in [0.15, 0.2) is 5.65 Å². The maximum atomic E-state index is 5.44. The quantitative estimate of drug-likeness (QED) is 0.440. The molecular formula is C26H22N6O. The number of aromatic nitrogens is 5. The number of hydrogen-bond donors (Lipinski definition) is 1. The Kier molecular flexibility index (Phi) is 5.07. The minimum atomic E-state index is 0.744. The first-order valence-electron chi connectivity index (χ1n) is 11.0. The predicted octanol–water partition coefficient (Wildman–Crippen LogP) is 3.50. The number of pyridine rings is 1. The molecular weight excluding hydrogens is 412 g/mol. The summed E-state index contributed by atoms with van der Waals surface area (Å²) < 4.78 is 7.24. The summed E-state index contributed by atoms with van der Waals surface area (Å²) in [5.41, 5.74) is 6.50. The summed E-state index contributed by atoms with van der Waals surface area (Å²) in [5, 5.41) is 5.82. The SMILES string of the molecule is C(#Cc1cnc2ccc(-c3ccc(CN4CCOCC4)cc3)nn12)c1c[nH]c2ncccc12. The van der Waals surface area contributed by atoms with Crippen LogP contribution in [0.2, 0.25) is 0 Å². The molecule has 162 valence electrons. The molecule has 0 saturated carbocycles. The molecule has 0 aliphatic carbocycles. The van der Waals surface area contributed by atoms with Crippen molar-refractivity contribution in [3.8, 4) is 23.1 Å². The van der Waals surface area contributed by atoms with Crippen LogP contribution >= 0.6 is 0 Å². The standard InChI is InChI=1S/C26H22N6O/c1-2-23-21(16-29-26(23)27-11-1)7-8-22-17-28-25-10-9-24(30-32(22)25)20-5-3-19(4-6-20)18-31-12-14-33-15-13-31/h1-6,9-11,16-17H,12-15,18H2,(H,27,29). The van der Waals surface area contributed by atoms with Gasteiger partial charge in [0.2, 0.25) is 0 Å². The van der Waals surface area contributed by atoms with E-state index in [0.29, 0.717) is 0 Å². The van der Waals surface area contributed by atoms with Crippen LogP contribution in [0, 0.1) is 11.8 Å². The maximum Gasteiger partial charge on any atom is 0.154 e. The van der Waals surface area contributed by atoms with Crippen LogP contribution in [0.4, 0.5) is 0 Å². The Labute approximate surface area is 191 Å². The first kappa shape index (κ1) is 19.7. The van der Waals surface area contributed by atoms with Gasteiger partial charge in [0.1, 0.15) is 11.3 Å². The lowest BCUT2D eigenvalue weighted by Gasteiger charge is -2.26. The van der Waals surface area contributed by atoms with Crippen LogP contribution < -0.4 is 0 Å². The van der Waals surface area contributed by atoms with E-state index in [1.165, 1.54) is 5.56 Å². The average molecular weight is 435 g/mol. The van der Waals surface area contributed by atoms with Crippen molar-refractivity contribution in [3.05, 3.63) is 83.9 Å². The van der Waals surface area contributed by atoms with E-state index in [4.69, 9.17) is 9.84 Å². The van der Waals surface area contributed by atoms with Crippen molar-refractivity contribution >= 4 is 16.7 Å². The average Bonchev–Trinajstić information content (AvgIpc) is 3.47. The summed E-state index contributed by atoms with van der Waals surface area (Å²) in [5.74, 6) is 6.45. The van der Waals surface area contributed by atoms with Gasteiger partial charge in [0, 0.05) is 43.0 Å². The molecule has 6 rings (SSSR count). The fourth-order valence-electron chi connectivity index (χ4n) is 4.10. The molecule has 5 aromatic rings. The van der Waals surface area contributed by atoms with E-state index in [-0.39, 0.29) is 0 Å². The van der Waals surface area contributed by atoms with E-state index in [1.54, 1.807) is 16.9 Å². The molecule has 1 aromatic carbocycles. The van der Waals surface area contributed by atoms with Gasteiger partial charge >= 0.3 is 0 Å². The second-order valence-corrected chi connectivity index (χ2v) is 8.07. The van der Waals surface area contributed by atoms with Crippen molar-refractivity contribution < 1.29 is 4.74 Å². The molecule has 0 spiro atoms. The summed E-state index contributed by atoms with van der Waals surface area (Å²) >= 11 is 0. The molecule has 1 N–H and O–H groups in total. The van der Waals surface area contributed by atoms with Gasteiger partial charge in [-0.3, -0.25) is 4.90 Å². The number of hydrogen-bond acceptors (Lipinski definition) is 5. The highest BCUT2D eigenvalue weighted by atomic mass is 16.5. The zero-order valence-electron chi connectivity index (χ0n) is 18.0. The molecule has 1 aliphatic rings. The summed E-state index contributed by atoms with van der Waals surface area (Å²) in [6, 6.07) is 16.5. The number of fused-ring (bicyclic) bond motifs is 2. The largest absolute Gasteiger partial charge is 0.379 e. The molecule has 0 amide bonds. The summed E-state index contributed by atoms with van der Waals surface area (Å²) in [4.78, 5) is 14.4. The third-order valence-electron chi connectivity index (χ3n) is 5.90. The van der Waals surface area contributed by atoms with Crippen LogP contribution in [0.5, 0.6) is 0 Å². The molecule has 0 unspecified atom stereocenters. The van der Waals surface area contributed by atoms with Gasteiger partial charge in [-0.1, -0.05) is 30.2 Å². The molecule has 1 fully saturated rings. The molecule has 1 saturated heterocycles. The molecule has 5 heterocycles. The first-order chi connectivity index (χ1) is 16.3. The number of morpholine rings is 1. The molecule has 7 nitrogen and oxygen atoms in total. The second kappa shape index (κ2) is 8.51. The highest BCUT2D eigenvalue weighted by Gasteiger charge is 2.11. The van der Waals surface area contributed by atoms with Gasteiger partial charge in [-0.05, 0) is 35.7 Å². The third-order valence-corrected chi connectivity index (χ3v) is 5.90. The van der Waals surface area contributed by atoms with Crippen molar-refractivity contribution in [2.45, 2.75) is 6.54 Å². The van der Waals surface area contributed by atoms with Gasteiger partial charge < -0.3 is 9.72 Å². The summed E-state index contributed by atoms with van der Waals surface area (Å²) in [6.07, 6.45) is 5.41. The lowest BCUT2D eigenvalue weighted by atomic mass is 10.1. The molecule has 0 radical (unpaired) electrons. The highest BCUT2D eigenvalue weighted by Crippen LogP contribution is 2.20. The van der Waals surface area contributed by atoms with Gasteiger partial charge in [-0.2, -0.15) is 5.10 Å². The lowest BCUT2D eigenvalue weighted by Crippen LogP contribution is -2.35. The Balaban J connectivity index is 1.27. The van der Waals surface area contributed by atoms with Gasteiger partial charge in [-0.25, -0.2) is 14.5 Å². The Morgan fingerprint density at radius 3 is 2.73 bits per heavy atom. The molecule has 0 atom stereocenters. The number of nitrogens with one attached hydrogen (secondary N) is 1. The third kappa shape index (κ3) is 3.98. The first-order valence-corrected chi connectivity index (χ1v) is 11.0. The number of ether oxygens (including phenoxy) is 1. The van der Waals surface area contributed by atoms with Crippen LogP contribution in [0.15, 0.2) is 67.1 Å². The Hall–Kier alpha value is -3.99. The number of imidazole rings is 1. The van der Waals surface area contributed by atoms with Crippen LogP contribution in [0.25, 0.3) is 27.9 Å². The highest BCUT2D eigenvalue weighted by molar-refractivity contribution is 5.82. The lowest BCUT2D eigenvalue weighted by molar-refractivity contribution is 0.0342. The molecule has 1 aliphatic heterocycles. The van der Waals surface area contributed by atoms with Crippen molar-refractivity contribution in [3.63, 3.8) is 0 Å². The number of benzene rings is 1. The van der Waals surface area contributed by atoms with E-state index in [1.807, 2.05) is 30.5 Å². The molecule has 0 bridgehead atoms. The minimum absolute atomic E-state index is 0.744. The zero-order valence-corrected chi connectivity index (χ0v) is 18.0. The van der Waals surface area contributed by atoms with Crippen LogP contribution in [-0.2, 0) is 11.3 Å². The normalized spacial score (nSPS) is 14.4. The van der Waals surface area contributed by atoms with Gasteiger partial charge in [0.05, 0.1) is 30.7 Å². The summed E-state index contributed by atoms with van der Waals surface area (Å²) in [6.45, 7) is 4.55. The number of aromatic amines is 1. The van der Waals surface area contributed by atoms with Gasteiger partial charge in [-0.15, -0.1) is 0 Å². The molecule has 4 aromatic heterocycles. The minimum Gasteiger partial charge on any atom is -0.379 e. The van der Waals surface area contributed by atoms with Crippen LogP contribution in [-0.4, -0.2) is 55.8 Å². The van der Waals surface area contributed by atoms with E-state index < -0.39 is 0 Å². The van der Waals surface area contributed by atoms with Crippen molar-refractivity contribution in [2.24, 2.45) is 0 Å². The predicted molar refractivity (Wildman–Crippen MR) is 127 cm³/mol. The topological polar surface area (TPSA) is 71.3 Å². The Bertz CT molecular complexity index is 1480. The number of H-pyrrole nitrogens is 1. The van der Waals surface area contributed by atoms with Crippen LogP contribution in [0.3, 0.4) is 0 Å². The van der Waals surface area contributed by atoms with Crippen LogP contribution in [0.1, 0.15) is 16.8 Å². The van der Waals surface area contributed by atoms with Crippen molar-refractivity contribution in [1.29, 1.82) is 0 Å². The zero-order chi connectivity index (χ0) is 22.0. The number of rotatable bonds is 3. The molecule has 7 heteroatoms. The maximum absolute atomic E-state index is 5.44. The fourth-order valence-corrected chi connectivity index (χ4v) is 4.10. The van der Waals surface area contributed by atoms with Gasteiger partial charge in [0.25, 0.3) is 0 Å². The van der Waals surface area contributed by atoms with Crippen molar-refractivity contribution in [2.75, 3.05) is 26.3 Å². The summed E-state index contributed by atoms with van der Waals surface area (Å²) in [7, 11) is 0. The molecule has 33 heavy (non-hydrogen) atoms. The van der Waals surface area contributed by atoms with E-state index in [2.05, 4.69) is 56.0 Å². The van der Waals surface area contributed by atoms with E-state index >= 15 is 0 Å². The fraction of sp³-hybridized carbons (Fsp3) is 0.192. The number of nitrogens with zero attached hydrogens (tertiary/aromatic N) is 5. The monoisotopic (exact) mass is 434 g/mol. The second-order valence-electron chi connectivity index (χ2n) is 8.07. The Morgan fingerprint density at radius 1 is 0.970 bits per heavy atom. The van der Waals surface area contributed by atoms with E-state index in [0.717, 1.165) is 72.0 Å². The smallest absolute Gasteiger partial charge is 0.154 e.